The summed E-state index contributed by atoms with van der Waals surface area (Å²) in [7, 11) is 0. The average Bonchev–Trinajstić information content (AvgIpc) is 2.53. The molecule has 2 N–H and O–H groups in total. The minimum absolute atomic E-state index is 0.770. The van der Waals surface area contributed by atoms with Crippen molar-refractivity contribution < 1.29 is 4.42 Å². The molecule has 0 saturated heterocycles. The van der Waals surface area contributed by atoms with E-state index in [0.717, 1.165) is 22.8 Å². The van der Waals surface area contributed by atoms with E-state index >= 15 is 0 Å². The van der Waals surface area contributed by atoms with Crippen molar-refractivity contribution in [3.8, 4) is 11.3 Å². The molecule has 13 heavy (non-hydrogen) atoms. The molecule has 2 rings (SSSR count). The zero-order valence-electron chi connectivity index (χ0n) is 7.45. The lowest BCUT2D eigenvalue weighted by molar-refractivity contribution is 0.548. The highest BCUT2D eigenvalue weighted by Gasteiger charge is 2.00. The van der Waals surface area contributed by atoms with Gasteiger partial charge >= 0.3 is 0 Å². The van der Waals surface area contributed by atoms with Crippen molar-refractivity contribution in [3.05, 3.63) is 42.2 Å². The lowest BCUT2D eigenvalue weighted by Gasteiger charge is -1.96. The van der Waals surface area contributed by atoms with Crippen LogP contribution < -0.4 is 5.73 Å². The highest BCUT2D eigenvalue weighted by atomic mass is 16.3. The van der Waals surface area contributed by atoms with Gasteiger partial charge in [-0.3, -0.25) is 0 Å². The molecule has 1 aromatic carbocycles. The fourth-order valence-electron chi connectivity index (χ4n) is 1.24. The molecule has 1 aromatic heterocycles. The van der Waals surface area contributed by atoms with Gasteiger partial charge in [0.25, 0.3) is 0 Å². The Morgan fingerprint density at radius 2 is 1.69 bits per heavy atom. The molecular formula is C11H11NO. The third kappa shape index (κ3) is 1.56. The van der Waals surface area contributed by atoms with Gasteiger partial charge in [-0.15, -0.1) is 0 Å². The molecule has 1 heterocycles. The Morgan fingerprint density at radius 1 is 1.00 bits per heavy atom. The fraction of sp³-hybridized carbons (Fsp3) is 0.0909. The lowest BCUT2D eigenvalue weighted by atomic mass is 10.1. The molecule has 2 heteroatoms. The van der Waals surface area contributed by atoms with Crippen molar-refractivity contribution in [2.75, 3.05) is 5.73 Å². The monoisotopic (exact) mass is 173 g/mol. The maximum atomic E-state index is 5.58. The van der Waals surface area contributed by atoms with Crippen molar-refractivity contribution in [3.63, 3.8) is 0 Å². The molecule has 2 nitrogen and oxygen atoms in total. The smallest absolute Gasteiger partial charge is 0.134 e. The summed E-state index contributed by atoms with van der Waals surface area (Å²) in [6.45, 7) is 1.93. The second kappa shape index (κ2) is 2.98. The molecular weight excluding hydrogens is 162 g/mol. The van der Waals surface area contributed by atoms with Crippen LogP contribution in [0.4, 0.5) is 5.69 Å². The van der Waals surface area contributed by atoms with Crippen LogP contribution in [0.5, 0.6) is 0 Å². The third-order valence-corrected chi connectivity index (χ3v) is 1.94. The Labute approximate surface area is 77.0 Å². The van der Waals surface area contributed by atoms with Crippen LogP contribution in [0.1, 0.15) is 5.76 Å². The first kappa shape index (κ1) is 7.92. The van der Waals surface area contributed by atoms with Crippen LogP contribution in [0.15, 0.2) is 40.8 Å². The van der Waals surface area contributed by atoms with Gasteiger partial charge in [0, 0.05) is 11.3 Å². The summed E-state index contributed by atoms with van der Waals surface area (Å²) in [6, 6.07) is 11.5. The first-order chi connectivity index (χ1) is 6.25. The van der Waals surface area contributed by atoms with Gasteiger partial charge in [-0.25, -0.2) is 0 Å². The molecule has 66 valence electrons. The van der Waals surface area contributed by atoms with Crippen LogP contribution >= 0.6 is 0 Å². The average molecular weight is 173 g/mol. The van der Waals surface area contributed by atoms with Crippen molar-refractivity contribution in [2.24, 2.45) is 0 Å². The number of hydrogen-bond acceptors (Lipinski definition) is 2. The van der Waals surface area contributed by atoms with Crippen LogP contribution in [-0.2, 0) is 0 Å². The van der Waals surface area contributed by atoms with E-state index in [9.17, 15) is 0 Å². The van der Waals surface area contributed by atoms with Crippen LogP contribution in [0.25, 0.3) is 11.3 Å². The highest BCUT2D eigenvalue weighted by molar-refractivity contribution is 5.60. The molecule has 0 aliphatic heterocycles. The summed E-state index contributed by atoms with van der Waals surface area (Å²) in [5, 5.41) is 0. The van der Waals surface area contributed by atoms with Gasteiger partial charge < -0.3 is 10.2 Å². The molecule has 0 saturated carbocycles. The first-order valence-corrected chi connectivity index (χ1v) is 4.18. The Balaban J connectivity index is 2.41. The predicted octanol–water partition coefficient (Wildman–Crippen LogP) is 2.84. The van der Waals surface area contributed by atoms with Crippen molar-refractivity contribution in [2.45, 2.75) is 6.92 Å². The van der Waals surface area contributed by atoms with Crippen LogP contribution in [0.3, 0.4) is 0 Å². The van der Waals surface area contributed by atoms with Gasteiger partial charge in [0.15, 0.2) is 0 Å². The van der Waals surface area contributed by atoms with E-state index in [-0.39, 0.29) is 0 Å². The van der Waals surface area contributed by atoms with E-state index in [1.54, 1.807) is 0 Å². The molecule has 0 atom stereocenters. The van der Waals surface area contributed by atoms with Gasteiger partial charge in [0.2, 0.25) is 0 Å². The van der Waals surface area contributed by atoms with E-state index in [2.05, 4.69) is 0 Å². The zero-order chi connectivity index (χ0) is 9.26. The highest BCUT2D eigenvalue weighted by Crippen LogP contribution is 2.22. The van der Waals surface area contributed by atoms with E-state index < -0.39 is 0 Å². The van der Waals surface area contributed by atoms with E-state index in [0.29, 0.717) is 0 Å². The number of nitrogens with two attached hydrogens (primary N) is 1. The Bertz CT molecular complexity index is 400. The van der Waals surface area contributed by atoms with E-state index in [1.165, 1.54) is 0 Å². The van der Waals surface area contributed by atoms with Gasteiger partial charge in [-0.05, 0) is 43.3 Å². The summed E-state index contributed by atoms with van der Waals surface area (Å²) in [5.41, 5.74) is 7.41. The molecule has 0 fully saturated rings. The lowest BCUT2D eigenvalue weighted by Crippen LogP contribution is -1.82. The van der Waals surface area contributed by atoms with E-state index in [4.69, 9.17) is 10.2 Å². The number of aryl methyl sites for hydroxylation is 1. The molecule has 2 aromatic rings. The van der Waals surface area contributed by atoms with Crippen LogP contribution in [0.2, 0.25) is 0 Å². The van der Waals surface area contributed by atoms with Gasteiger partial charge in [-0.1, -0.05) is 0 Å². The second-order valence-corrected chi connectivity index (χ2v) is 3.03. The predicted molar refractivity (Wildman–Crippen MR) is 53.3 cm³/mol. The van der Waals surface area contributed by atoms with Crippen molar-refractivity contribution in [1.29, 1.82) is 0 Å². The number of rotatable bonds is 1. The molecule has 0 radical (unpaired) electrons. The molecule has 0 bridgehead atoms. The third-order valence-electron chi connectivity index (χ3n) is 1.94. The quantitative estimate of drug-likeness (QED) is 0.673. The number of benzene rings is 1. The number of furan rings is 1. The summed E-state index contributed by atoms with van der Waals surface area (Å²) in [6.07, 6.45) is 0. The maximum Gasteiger partial charge on any atom is 0.134 e. The minimum atomic E-state index is 0.770. The summed E-state index contributed by atoms with van der Waals surface area (Å²) >= 11 is 0. The van der Waals surface area contributed by atoms with Crippen LogP contribution in [-0.4, -0.2) is 0 Å². The topological polar surface area (TPSA) is 39.2 Å². The normalized spacial score (nSPS) is 10.2. The Hall–Kier alpha value is -1.70. The zero-order valence-corrected chi connectivity index (χ0v) is 7.45. The molecule has 0 aliphatic rings. The van der Waals surface area contributed by atoms with Gasteiger partial charge in [0.05, 0.1) is 0 Å². The minimum Gasteiger partial charge on any atom is -0.461 e. The van der Waals surface area contributed by atoms with Crippen molar-refractivity contribution in [1.82, 2.24) is 0 Å². The summed E-state index contributed by atoms with van der Waals surface area (Å²) in [5.74, 6) is 1.81. The number of hydrogen-bond donors (Lipinski definition) is 1. The maximum absolute atomic E-state index is 5.58. The SMILES string of the molecule is Cc1ccc(-c2ccc(N)cc2)o1. The standard InChI is InChI=1S/C11H11NO/c1-8-2-7-11(13-8)9-3-5-10(12)6-4-9/h2-7H,12H2,1H3. The van der Waals surface area contributed by atoms with Crippen LogP contribution in [0, 0.1) is 6.92 Å². The first-order valence-electron chi connectivity index (χ1n) is 4.18. The molecule has 0 spiro atoms. The number of nitrogen functional groups attached to an aromatic ring is 1. The fourth-order valence-corrected chi connectivity index (χ4v) is 1.24. The van der Waals surface area contributed by atoms with E-state index in [1.807, 2.05) is 43.3 Å². The number of anilines is 1. The summed E-state index contributed by atoms with van der Waals surface area (Å²) in [4.78, 5) is 0. The van der Waals surface area contributed by atoms with Crippen molar-refractivity contribution >= 4 is 5.69 Å². The second-order valence-electron chi connectivity index (χ2n) is 3.03. The van der Waals surface area contributed by atoms with Gasteiger partial charge in [0.1, 0.15) is 11.5 Å². The largest absolute Gasteiger partial charge is 0.461 e. The summed E-state index contributed by atoms with van der Waals surface area (Å²) < 4.78 is 5.47. The molecule has 0 unspecified atom stereocenters. The Kier molecular flexibility index (Phi) is 1.81. The Morgan fingerprint density at radius 3 is 2.23 bits per heavy atom. The van der Waals surface area contributed by atoms with Gasteiger partial charge in [-0.2, -0.15) is 0 Å². The molecule has 0 amide bonds. The molecule has 0 aliphatic carbocycles.